The van der Waals surface area contributed by atoms with Crippen LogP contribution in [0.15, 0.2) is 42.5 Å². The van der Waals surface area contributed by atoms with Crippen molar-refractivity contribution in [1.29, 1.82) is 0 Å². The predicted molar refractivity (Wildman–Crippen MR) is 77.8 cm³/mol. The van der Waals surface area contributed by atoms with E-state index in [1.54, 1.807) is 25.3 Å². The number of anilines is 2. The van der Waals surface area contributed by atoms with Crippen LogP contribution in [0, 0.1) is 0 Å². The van der Waals surface area contributed by atoms with Gasteiger partial charge in [0.1, 0.15) is 0 Å². The van der Waals surface area contributed by atoms with Gasteiger partial charge in [-0.15, -0.1) is 0 Å². The molecule has 2 rings (SSSR count). The molecule has 0 atom stereocenters. The molecule has 2 amide bonds. The molecule has 0 spiro atoms. The summed E-state index contributed by atoms with van der Waals surface area (Å²) in [5, 5.41) is 5.73. The lowest BCUT2D eigenvalue weighted by Crippen LogP contribution is -2.19. The van der Waals surface area contributed by atoms with Crippen molar-refractivity contribution in [2.24, 2.45) is 5.73 Å². The first-order chi connectivity index (χ1) is 9.67. The fraction of sp³-hybridized carbons (Fsp3) is 0.143. The van der Waals surface area contributed by atoms with Gasteiger partial charge in [-0.25, -0.2) is 9.78 Å². The van der Waals surface area contributed by atoms with Crippen LogP contribution in [0.3, 0.4) is 0 Å². The Labute approximate surface area is 117 Å². The van der Waals surface area contributed by atoms with E-state index in [4.69, 9.17) is 10.5 Å². The molecule has 0 aliphatic rings. The smallest absolute Gasteiger partial charge is 0.316 e. The van der Waals surface area contributed by atoms with E-state index in [9.17, 15) is 4.79 Å². The second-order valence-electron chi connectivity index (χ2n) is 4.09. The first kappa shape index (κ1) is 13.7. The molecule has 0 aliphatic heterocycles. The summed E-state index contributed by atoms with van der Waals surface area (Å²) in [6, 6.07) is 12.3. The number of benzene rings is 1. The van der Waals surface area contributed by atoms with Crippen LogP contribution in [0.5, 0.6) is 5.88 Å². The van der Waals surface area contributed by atoms with E-state index in [0.29, 0.717) is 18.1 Å². The number of methoxy groups -OCH3 is 1. The molecule has 0 fully saturated rings. The van der Waals surface area contributed by atoms with E-state index in [1.165, 1.54) is 0 Å². The van der Waals surface area contributed by atoms with Gasteiger partial charge in [-0.05, 0) is 30.3 Å². The van der Waals surface area contributed by atoms with Crippen LogP contribution in [-0.4, -0.2) is 18.1 Å². The summed E-state index contributed by atoms with van der Waals surface area (Å²) in [5.41, 5.74) is 7.49. The molecule has 0 saturated heterocycles. The third-order valence-electron chi connectivity index (χ3n) is 2.62. The van der Waals surface area contributed by atoms with Gasteiger partial charge in [0, 0.05) is 17.4 Å². The van der Waals surface area contributed by atoms with Crippen molar-refractivity contribution in [3.8, 4) is 5.88 Å². The lowest BCUT2D eigenvalue weighted by atomic mass is 10.2. The molecule has 0 saturated carbocycles. The van der Waals surface area contributed by atoms with E-state index < -0.39 is 6.03 Å². The number of aromatic nitrogens is 1. The Kier molecular flexibility index (Phi) is 4.39. The van der Waals surface area contributed by atoms with Gasteiger partial charge >= 0.3 is 6.03 Å². The standard InChI is InChI=1S/C14H16N4O2/c1-20-13-4-2-3-12(17-13)9-16-10-5-7-11(8-6-10)18-14(15)19/h2-8,16H,9H2,1H3,(H3,15,18,19). The Balaban J connectivity index is 1.94. The van der Waals surface area contributed by atoms with Crippen molar-refractivity contribution in [2.45, 2.75) is 6.54 Å². The van der Waals surface area contributed by atoms with Crippen LogP contribution in [-0.2, 0) is 6.54 Å². The third-order valence-corrected chi connectivity index (χ3v) is 2.62. The number of hydrogen-bond donors (Lipinski definition) is 3. The van der Waals surface area contributed by atoms with Gasteiger partial charge in [0.05, 0.1) is 19.3 Å². The van der Waals surface area contributed by atoms with Crippen LogP contribution < -0.4 is 21.1 Å². The second-order valence-corrected chi connectivity index (χ2v) is 4.09. The molecule has 1 aromatic heterocycles. The molecular formula is C14H16N4O2. The molecule has 2 aromatic rings. The monoisotopic (exact) mass is 272 g/mol. The SMILES string of the molecule is COc1cccc(CNc2ccc(NC(N)=O)cc2)n1. The molecule has 1 aromatic carbocycles. The number of urea groups is 1. The number of rotatable bonds is 5. The molecule has 0 unspecified atom stereocenters. The van der Waals surface area contributed by atoms with E-state index in [0.717, 1.165) is 11.4 Å². The molecule has 4 N–H and O–H groups in total. The van der Waals surface area contributed by atoms with E-state index >= 15 is 0 Å². The van der Waals surface area contributed by atoms with Crippen LogP contribution in [0.2, 0.25) is 0 Å². The van der Waals surface area contributed by atoms with E-state index in [2.05, 4.69) is 15.6 Å². The van der Waals surface area contributed by atoms with E-state index in [1.807, 2.05) is 24.3 Å². The summed E-state index contributed by atoms with van der Waals surface area (Å²) in [7, 11) is 1.59. The highest BCUT2D eigenvalue weighted by Crippen LogP contribution is 2.14. The molecule has 0 radical (unpaired) electrons. The Morgan fingerprint density at radius 2 is 1.90 bits per heavy atom. The van der Waals surface area contributed by atoms with Crippen LogP contribution in [0.25, 0.3) is 0 Å². The molecule has 104 valence electrons. The Bertz CT molecular complexity index is 584. The number of nitrogens with one attached hydrogen (secondary N) is 2. The first-order valence-electron chi connectivity index (χ1n) is 6.07. The maximum atomic E-state index is 10.7. The number of pyridine rings is 1. The zero-order valence-corrected chi connectivity index (χ0v) is 11.1. The lowest BCUT2D eigenvalue weighted by Gasteiger charge is -2.08. The van der Waals surface area contributed by atoms with Crippen LogP contribution >= 0.6 is 0 Å². The molecule has 0 bridgehead atoms. The second kappa shape index (κ2) is 6.42. The molecule has 1 heterocycles. The van der Waals surface area contributed by atoms with Gasteiger partial charge < -0.3 is 21.1 Å². The number of carbonyl (C=O) groups excluding carboxylic acids is 1. The maximum Gasteiger partial charge on any atom is 0.316 e. The van der Waals surface area contributed by atoms with Crippen molar-refractivity contribution < 1.29 is 9.53 Å². The fourth-order valence-electron chi connectivity index (χ4n) is 1.68. The van der Waals surface area contributed by atoms with Crippen molar-refractivity contribution in [3.05, 3.63) is 48.2 Å². The summed E-state index contributed by atoms with van der Waals surface area (Å²) in [6.45, 7) is 0.583. The van der Waals surface area contributed by atoms with Gasteiger partial charge in [-0.2, -0.15) is 0 Å². The molecule has 0 aliphatic carbocycles. The minimum atomic E-state index is -0.578. The first-order valence-corrected chi connectivity index (χ1v) is 6.07. The average molecular weight is 272 g/mol. The topological polar surface area (TPSA) is 89.3 Å². The number of primary amides is 1. The normalized spacial score (nSPS) is 9.85. The lowest BCUT2D eigenvalue weighted by molar-refractivity contribution is 0.259. The number of nitrogens with two attached hydrogens (primary N) is 1. The van der Waals surface area contributed by atoms with Crippen molar-refractivity contribution in [2.75, 3.05) is 17.7 Å². The number of carbonyl (C=O) groups is 1. The van der Waals surface area contributed by atoms with Crippen molar-refractivity contribution >= 4 is 17.4 Å². The van der Waals surface area contributed by atoms with Gasteiger partial charge in [-0.3, -0.25) is 0 Å². The quantitative estimate of drug-likeness (QED) is 0.778. The Hall–Kier alpha value is -2.76. The third kappa shape index (κ3) is 3.88. The molecule has 6 heteroatoms. The molecular weight excluding hydrogens is 256 g/mol. The number of amides is 2. The Morgan fingerprint density at radius 1 is 1.20 bits per heavy atom. The summed E-state index contributed by atoms with van der Waals surface area (Å²) >= 11 is 0. The van der Waals surface area contributed by atoms with Crippen LogP contribution in [0.1, 0.15) is 5.69 Å². The highest BCUT2D eigenvalue weighted by molar-refractivity contribution is 5.87. The van der Waals surface area contributed by atoms with Gasteiger partial charge in [0.25, 0.3) is 0 Å². The summed E-state index contributed by atoms with van der Waals surface area (Å²) < 4.78 is 5.07. The maximum absolute atomic E-state index is 10.7. The van der Waals surface area contributed by atoms with E-state index in [-0.39, 0.29) is 0 Å². The number of hydrogen-bond acceptors (Lipinski definition) is 4. The van der Waals surface area contributed by atoms with Crippen LogP contribution in [0.4, 0.5) is 16.2 Å². The molecule has 20 heavy (non-hydrogen) atoms. The average Bonchev–Trinajstić information content (AvgIpc) is 2.46. The van der Waals surface area contributed by atoms with Gasteiger partial charge in [-0.1, -0.05) is 6.07 Å². The van der Waals surface area contributed by atoms with Gasteiger partial charge in [0.15, 0.2) is 0 Å². The van der Waals surface area contributed by atoms with Crippen molar-refractivity contribution in [3.63, 3.8) is 0 Å². The zero-order valence-electron chi connectivity index (χ0n) is 11.1. The highest BCUT2D eigenvalue weighted by Gasteiger charge is 1.99. The minimum absolute atomic E-state index is 0.578. The number of ether oxygens (including phenoxy) is 1. The van der Waals surface area contributed by atoms with Gasteiger partial charge in [0.2, 0.25) is 5.88 Å². The summed E-state index contributed by atoms with van der Waals surface area (Å²) in [5.74, 6) is 0.588. The summed E-state index contributed by atoms with van der Waals surface area (Å²) in [4.78, 5) is 15.0. The van der Waals surface area contributed by atoms with Crippen molar-refractivity contribution in [1.82, 2.24) is 4.98 Å². The minimum Gasteiger partial charge on any atom is -0.481 e. The number of nitrogens with zero attached hydrogens (tertiary/aromatic N) is 1. The zero-order chi connectivity index (χ0) is 14.4. The molecule has 6 nitrogen and oxygen atoms in total. The highest BCUT2D eigenvalue weighted by atomic mass is 16.5. The largest absolute Gasteiger partial charge is 0.481 e. The summed E-state index contributed by atoms with van der Waals surface area (Å²) in [6.07, 6.45) is 0. The Morgan fingerprint density at radius 3 is 2.55 bits per heavy atom. The predicted octanol–water partition coefficient (Wildman–Crippen LogP) is 2.19. The fourth-order valence-corrected chi connectivity index (χ4v) is 1.68.